The van der Waals surface area contributed by atoms with E-state index in [1.807, 2.05) is 12.3 Å². The Morgan fingerprint density at radius 3 is 3.06 bits per heavy atom. The maximum Gasteiger partial charge on any atom is 0.268 e. The molecule has 0 fully saturated rings. The minimum Gasteiger partial charge on any atom is -0.466 e. The Morgan fingerprint density at radius 2 is 2.44 bits per heavy atom. The lowest BCUT2D eigenvalue weighted by atomic mass is 10.2. The van der Waals surface area contributed by atoms with Gasteiger partial charge in [0.05, 0.1) is 24.5 Å². The fourth-order valence-electron chi connectivity index (χ4n) is 1.23. The van der Waals surface area contributed by atoms with Gasteiger partial charge in [0.1, 0.15) is 12.4 Å². The van der Waals surface area contributed by atoms with Gasteiger partial charge in [0, 0.05) is 7.11 Å². The van der Waals surface area contributed by atoms with E-state index in [0.29, 0.717) is 17.9 Å². The Bertz CT molecular complexity index is 337. The Hall–Kier alpha value is -1.37. The van der Waals surface area contributed by atoms with Crippen LogP contribution < -0.4 is 11.3 Å². The van der Waals surface area contributed by atoms with Crippen molar-refractivity contribution in [3.05, 3.63) is 23.7 Å². The molecule has 1 atom stereocenters. The van der Waals surface area contributed by atoms with E-state index < -0.39 is 5.91 Å². The highest BCUT2D eigenvalue weighted by molar-refractivity contribution is 5.94. The molecule has 0 bridgehead atoms. The number of ether oxygens (including phenoxy) is 2. The third kappa shape index (κ3) is 3.34. The molecule has 1 unspecified atom stereocenters. The van der Waals surface area contributed by atoms with Gasteiger partial charge in [-0.15, -0.1) is 0 Å². The maximum absolute atomic E-state index is 11.3. The van der Waals surface area contributed by atoms with Gasteiger partial charge < -0.3 is 13.9 Å². The summed E-state index contributed by atoms with van der Waals surface area (Å²) in [6, 6.07) is 1.54. The van der Waals surface area contributed by atoms with E-state index in [0.717, 1.165) is 0 Å². The summed E-state index contributed by atoms with van der Waals surface area (Å²) in [4.78, 5) is 11.3. The SMILES string of the molecule is COCC(C)OCc1occc1C(=O)NN. The molecule has 90 valence electrons. The van der Waals surface area contributed by atoms with Gasteiger partial charge in [0.25, 0.3) is 5.91 Å². The molecule has 1 aromatic rings. The summed E-state index contributed by atoms with van der Waals surface area (Å²) in [6.07, 6.45) is 1.36. The number of carbonyl (C=O) groups is 1. The third-order valence-electron chi connectivity index (χ3n) is 2.02. The first-order valence-electron chi connectivity index (χ1n) is 4.87. The van der Waals surface area contributed by atoms with Crippen LogP contribution in [0, 0.1) is 0 Å². The summed E-state index contributed by atoms with van der Waals surface area (Å²) >= 11 is 0. The van der Waals surface area contributed by atoms with Crippen molar-refractivity contribution in [3.8, 4) is 0 Å². The number of rotatable bonds is 6. The van der Waals surface area contributed by atoms with E-state index in [-0.39, 0.29) is 12.7 Å². The number of furan rings is 1. The van der Waals surface area contributed by atoms with E-state index >= 15 is 0 Å². The van der Waals surface area contributed by atoms with Crippen LogP contribution in [0.4, 0.5) is 0 Å². The number of amides is 1. The molecule has 0 radical (unpaired) electrons. The normalized spacial score (nSPS) is 12.4. The molecule has 0 aromatic carbocycles. The lowest BCUT2D eigenvalue weighted by molar-refractivity contribution is -0.00663. The Morgan fingerprint density at radius 1 is 1.69 bits per heavy atom. The van der Waals surface area contributed by atoms with Crippen molar-refractivity contribution in [2.24, 2.45) is 5.84 Å². The molecular weight excluding hydrogens is 212 g/mol. The van der Waals surface area contributed by atoms with Gasteiger partial charge in [-0.3, -0.25) is 10.2 Å². The Kier molecular flexibility index (Phi) is 4.97. The van der Waals surface area contributed by atoms with Crippen LogP contribution in [0.3, 0.4) is 0 Å². The van der Waals surface area contributed by atoms with Crippen molar-refractivity contribution in [3.63, 3.8) is 0 Å². The van der Waals surface area contributed by atoms with Crippen LogP contribution in [0.5, 0.6) is 0 Å². The van der Waals surface area contributed by atoms with E-state index in [2.05, 4.69) is 0 Å². The fraction of sp³-hybridized carbons (Fsp3) is 0.500. The Labute approximate surface area is 93.7 Å². The van der Waals surface area contributed by atoms with E-state index in [9.17, 15) is 4.79 Å². The van der Waals surface area contributed by atoms with Gasteiger partial charge in [0.2, 0.25) is 0 Å². The number of hydrazine groups is 1. The first-order valence-corrected chi connectivity index (χ1v) is 4.87. The number of carbonyl (C=O) groups excluding carboxylic acids is 1. The van der Waals surface area contributed by atoms with Gasteiger partial charge in [0.15, 0.2) is 0 Å². The summed E-state index contributed by atoms with van der Waals surface area (Å²) in [5, 5.41) is 0. The van der Waals surface area contributed by atoms with E-state index in [1.54, 1.807) is 13.2 Å². The molecule has 6 heteroatoms. The minimum absolute atomic E-state index is 0.0658. The van der Waals surface area contributed by atoms with Gasteiger partial charge in [-0.05, 0) is 13.0 Å². The van der Waals surface area contributed by atoms with Gasteiger partial charge in [-0.25, -0.2) is 5.84 Å². The molecule has 1 amide bonds. The monoisotopic (exact) mass is 228 g/mol. The van der Waals surface area contributed by atoms with Crippen LogP contribution in [0.2, 0.25) is 0 Å². The summed E-state index contributed by atoms with van der Waals surface area (Å²) < 4.78 is 15.5. The lowest BCUT2D eigenvalue weighted by Crippen LogP contribution is -2.30. The standard InChI is InChI=1S/C10H16N2O4/c1-7(5-14-2)16-6-9-8(3-4-15-9)10(13)12-11/h3-4,7H,5-6,11H2,1-2H3,(H,12,13). The second-order valence-electron chi connectivity index (χ2n) is 3.31. The third-order valence-corrected chi connectivity index (χ3v) is 2.02. The van der Waals surface area contributed by atoms with Crippen molar-refractivity contribution in [2.45, 2.75) is 19.6 Å². The molecule has 1 aromatic heterocycles. The predicted molar refractivity (Wildman–Crippen MR) is 56.5 cm³/mol. The summed E-state index contributed by atoms with van der Waals surface area (Å²) in [5.74, 6) is 5.09. The smallest absolute Gasteiger partial charge is 0.268 e. The highest BCUT2D eigenvalue weighted by atomic mass is 16.5. The van der Waals surface area contributed by atoms with Crippen LogP contribution in [-0.2, 0) is 16.1 Å². The zero-order valence-corrected chi connectivity index (χ0v) is 9.36. The molecule has 0 spiro atoms. The van der Waals surface area contributed by atoms with Gasteiger partial charge in [-0.2, -0.15) is 0 Å². The van der Waals surface area contributed by atoms with Crippen molar-refractivity contribution in [2.75, 3.05) is 13.7 Å². The van der Waals surface area contributed by atoms with Crippen LogP contribution in [0.25, 0.3) is 0 Å². The van der Waals surface area contributed by atoms with E-state index in [1.165, 1.54) is 6.26 Å². The van der Waals surface area contributed by atoms with Gasteiger partial charge in [-0.1, -0.05) is 0 Å². The molecular formula is C10H16N2O4. The molecule has 3 N–H and O–H groups in total. The number of nitrogens with two attached hydrogens (primary N) is 1. The molecule has 0 saturated heterocycles. The zero-order chi connectivity index (χ0) is 12.0. The number of hydrogen-bond donors (Lipinski definition) is 2. The quantitative estimate of drug-likeness (QED) is 0.419. The lowest BCUT2D eigenvalue weighted by Gasteiger charge is -2.11. The van der Waals surface area contributed by atoms with Crippen LogP contribution >= 0.6 is 0 Å². The number of nitrogens with one attached hydrogen (secondary N) is 1. The largest absolute Gasteiger partial charge is 0.466 e. The number of methoxy groups -OCH3 is 1. The van der Waals surface area contributed by atoms with Crippen molar-refractivity contribution < 1.29 is 18.7 Å². The second-order valence-corrected chi connectivity index (χ2v) is 3.31. The van der Waals surface area contributed by atoms with Crippen molar-refractivity contribution >= 4 is 5.91 Å². The Balaban J connectivity index is 2.54. The molecule has 1 heterocycles. The molecule has 0 saturated carbocycles. The number of hydrogen-bond acceptors (Lipinski definition) is 5. The molecule has 16 heavy (non-hydrogen) atoms. The van der Waals surface area contributed by atoms with Crippen molar-refractivity contribution in [1.29, 1.82) is 0 Å². The second kappa shape index (κ2) is 6.26. The van der Waals surface area contributed by atoms with Crippen molar-refractivity contribution in [1.82, 2.24) is 5.43 Å². The molecule has 6 nitrogen and oxygen atoms in total. The topological polar surface area (TPSA) is 86.7 Å². The van der Waals surface area contributed by atoms with Crippen LogP contribution in [0.15, 0.2) is 16.7 Å². The summed E-state index contributed by atoms with van der Waals surface area (Å²) in [5.41, 5.74) is 2.42. The fourth-order valence-corrected chi connectivity index (χ4v) is 1.23. The first-order chi connectivity index (χ1) is 7.69. The average Bonchev–Trinajstić information content (AvgIpc) is 2.74. The first kappa shape index (κ1) is 12.7. The summed E-state index contributed by atoms with van der Waals surface area (Å²) in [7, 11) is 1.60. The predicted octanol–water partition coefficient (Wildman–Crippen LogP) is 0.435. The highest BCUT2D eigenvalue weighted by Crippen LogP contribution is 2.12. The molecule has 0 aliphatic carbocycles. The van der Waals surface area contributed by atoms with Gasteiger partial charge >= 0.3 is 0 Å². The highest BCUT2D eigenvalue weighted by Gasteiger charge is 2.14. The van der Waals surface area contributed by atoms with E-state index in [4.69, 9.17) is 19.7 Å². The zero-order valence-electron chi connectivity index (χ0n) is 9.36. The maximum atomic E-state index is 11.3. The summed E-state index contributed by atoms with van der Waals surface area (Å²) in [6.45, 7) is 2.56. The number of nitrogen functional groups attached to an aromatic ring is 1. The minimum atomic E-state index is -0.397. The molecule has 0 aliphatic rings. The van der Waals surface area contributed by atoms with Crippen LogP contribution in [-0.4, -0.2) is 25.7 Å². The average molecular weight is 228 g/mol. The molecule has 0 aliphatic heterocycles. The molecule has 1 rings (SSSR count). The van der Waals surface area contributed by atoms with Crippen LogP contribution in [0.1, 0.15) is 23.0 Å².